The summed E-state index contributed by atoms with van der Waals surface area (Å²) in [6.07, 6.45) is 0. The molecule has 0 spiro atoms. The number of rotatable bonds is 3. The lowest BCUT2D eigenvalue weighted by Gasteiger charge is -2.26. The van der Waals surface area contributed by atoms with Gasteiger partial charge < -0.3 is 14.8 Å². The average molecular weight is 303 g/mol. The van der Waals surface area contributed by atoms with Crippen molar-refractivity contribution in [2.24, 2.45) is 0 Å². The number of ether oxygens (including phenoxy) is 2. The van der Waals surface area contributed by atoms with Crippen LogP contribution in [0.1, 0.15) is 5.01 Å². The number of hydrogen-bond acceptors (Lipinski definition) is 6. The topological polar surface area (TPSA) is 46.6 Å². The Bertz CT molecular complexity index is 638. The van der Waals surface area contributed by atoms with E-state index in [1.165, 1.54) is 5.01 Å². The molecule has 0 radical (unpaired) electrons. The highest BCUT2D eigenvalue weighted by atomic mass is 32.1. The van der Waals surface area contributed by atoms with Gasteiger partial charge in [-0.3, -0.25) is 4.90 Å². The van der Waals surface area contributed by atoms with E-state index in [0.29, 0.717) is 6.79 Å². The van der Waals surface area contributed by atoms with E-state index in [9.17, 15) is 0 Å². The third-order valence-corrected chi connectivity index (χ3v) is 4.62. The first-order valence-corrected chi connectivity index (χ1v) is 8.04. The second-order valence-electron chi connectivity index (χ2n) is 5.22. The molecule has 2 aliphatic heterocycles. The average Bonchev–Trinajstić information content (AvgIpc) is 3.16. The van der Waals surface area contributed by atoms with E-state index in [2.05, 4.69) is 15.6 Å². The van der Waals surface area contributed by atoms with Crippen molar-refractivity contribution in [1.82, 2.24) is 15.2 Å². The maximum atomic E-state index is 5.43. The molecule has 110 valence electrons. The largest absolute Gasteiger partial charge is 0.454 e. The third-order valence-electron chi connectivity index (χ3n) is 3.79. The minimum atomic E-state index is 0.310. The van der Waals surface area contributed by atoms with Gasteiger partial charge in [-0.2, -0.15) is 0 Å². The zero-order chi connectivity index (χ0) is 14.1. The summed E-state index contributed by atoms with van der Waals surface area (Å²) in [6.45, 7) is 5.58. The Balaban J connectivity index is 1.51. The number of aromatic nitrogens is 1. The molecule has 1 N–H and O–H groups in total. The molecule has 2 aromatic rings. The Labute approximate surface area is 127 Å². The monoisotopic (exact) mass is 303 g/mol. The molecule has 3 heterocycles. The van der Waals surface area contributed by atoms with Crippen LogP contribution in [0.25, 0.3) is 11.3 Å². The number of nitrogens with zero attached hydrogens (tertiary/aromatic N) is 2. The predicted molar refractivity (Wildman–Crippen MR) is 81.8 cm³/mol. The van der Waals surface area contributed by atoms with Crippen LogP contribution in [0.2, 0.25) is 0 Å². The summed E-state index contributed by atoms with van der Waals surface area (Å²) in [5.41, 5.74) is 2.10. The van der Waals surface area contributed by atoms with Crippen LogP contribution in [0.4, 0.5) is 0 Å². The maximum absolute atomic E-state index is 5.43. The highest BCUT2D eigenvalue weighted by Crippen LogP contribution is 2.36. The summed E-state index contributed by atoms with van der Waals surface area (Å²) in [5, 5.41) is 6.66. The molecule has 0 saturated carbocycles. The molecule has 1 saturated heterocycles. The molecule has 6 heteroatoms. The van der Waals surface area contributed by atoms with Gasteiger partial charge in [0, 0.05) is 37.1 Å². The number of benzene rings is 1. The number of nitrogens with one attached hydrogen (secondary N) is 1. The van der Waals surface area contributed by atoms with Crippen LogP contribution in [0, 0.1) is 0 Å². The molecule has 1 fully saturated rings. The van der Waals surface area contributed by atoms with Gasteiger partial charge in [0.05, 0.1) is 12.2 Å². The second kappa shape index (κ2) is 5.63. The van der Waals surface area contributed by atoms with Gasteiger partial charge in [0.25, 0.3) is 0 Å². The molecular formula is C15H17N3O2S. The summed E-state index contributed by atoms with van der Waals surface area (Å²) >= 11 is 1.73. The molecule has 0 amide bonds. The minimum Gasteiger partial charge on any atom is -0.454 e. The smallest absolute Gasteiger partial charge is 0.231 e. The van der Waals surface area contributed by atoms with Gasteiger partial charge in [0.2, 0.25) is 6.79 Å². The van der Waals surface area contributed by atoms with Gasteiger partial charge in [-0.1, -0.05) is 0 Å². The summed E-state index contributed by atoms with van der Waals surface area (Å²) < 4.78 is 10.8. The van der Waals surface area contributed by atoms with Crippen molar-refractivity contribution in [2.45, 2.75) is 6.54 Å². The van der Waals surface area contributed by atoms with Crippen molar-refractivity contribution in [3.63, 3.8) is 0 Å². The lowest BCUT2D eigenvalue weighted by atomic mass is 10.1. The number of piperazine rings is 1. The van der Waals surface area contributed by atoms with E-state index in [1.807, 2.05) is 18.2 Å². The van der Waals surface area contributed by atoms with Crippen molar-refractivity contribution in [1.29, 1.82) is 0 Å². The van der Waals surface area contributed by atoms with Gasteiger partial charge in [0.15, 0.2) is 11.5 Å². The predicted octanol–water partition coefficient (Wildman–Crippen LogP) is 1.94. The van der Waals surface area contributed by atoms with Crippen LogP contribution in [0.3, 0.4) is 0 Å². The molecule has 2 aliphatic rings. The van der Waals surface area contributed by atoms with Crippen LogP contribution < -0.4 is 14.8 Å². The van der Waals surface area contributed by atoms with Gasteiger partial charge in [-0.15, -0.1) is 11.3 Å². The Morgan fingerprint density at radius 3 is 2.95 bits per heavy atom. The summed E-state index contributed by atoms with van der Waals surface area (Å²) in [7, 11) is 0. The van der Waals surface area contributed by atoms with Gasteiger partial charge >= 0.3 is 0 Å². The zero-order valence-corrected chi connectivity index (χ0v) is 12.5. The molecule has 5 nitrogen and oxygen atoms in total. The fourth-order valence-corrected chi connectivity index (χ4v) is 3.48. The van der Waals surface area contributed by atoms with E-state index >= 15 is 0 Å². The zero-order valence-electron chi connectivity index (χ0n) is 11.7. The lowest BCUT2D eigenvalue weighted by Crippen LogP contribution is -2.42. The standard InChI is InChI=1S/C15H17N3O2S/c1-2-13-14(20-10-19-13)7-11(1)12-9-21-15(17-12)8-18-5-3-16-4-6-18/h1-2,7,9,16H,3-6,8,10H2. The Morgan fingerprint density at radius 2 is 2.05 bits per heavy atom. The fraction of sp³-hybridized carbons (Fsp3) is 0.400. The van der Waals surface area contributed by atoms with E-state index in [-0.39, 0.29) is 0 Å². The number of hydrogen-bond donors (Lipinski definition) is 1. The quantitative estimate of drug-likeness (QED) is 0.939. The SMILES string of the molecule is c1cc2c(cc1-c1csc(CN3CCNCC3)n1)OCO2. The van der Waals surface area contributed by atoms with Crippen molar-refractivity contribution < 1.29 is 9.47 Å². The van der Waals surface area contributed by atoms with Gasteiger partial charge in [-0.25, -0.2) is 4.98 Å². The van der Waals surface area contributed by atoms with Gasteiger partial charge in [-0.05, 0) is 18.2 Å². The van der Waals surface area contributed by atoms with E-state index in [0.717, 1.165) is 55.5 Å². The molecular weight excluding hydrogens is 286 g/mol. The Kier molecular flexibility index (Phi) is 3.50. The first-order valence-electron chi connectivity index (χ1n) is 7.16. The van der Waals surface area contributed by atoms with Crippen molar-refractivity contribution in [3.05, 3.63) is 28.6 Å². The van der Waals surface area contributed by atoms with Crippen molar-refractivity contribution >= 4 is 11.3 Å². The number of thiazole rings is 1. The summed E-state index contributed by atoms with van der Waals surface area (Å²) in [6, 6.07) is 6.00. The second-order valence-corrected chi connectivity index (χ2v) is 6.16. The van der Waals surface area contributed by atoms with Crippen LogP contribution in [-0.4, -0.2) is 42.9 Å². The highest BCUT2D eigenvalue weighted by molar-refractivity contribution is 7.09. The maximum Gasteiger partial charge on any atom is 0.231 e. The molecule has 1 aromatic carbocycles. The molecule has 0 bridgehead atoms. The summed E-state index contributed by atoms with van der Waals surface area (Å²) in [4.78, 5) is 7.20. The molecule has 1 aromatic heterocycles. The van der Waals surface area contributed by atoms with Crippen LogP contribution in [-0.2, 0) is 6.54 Å². The number of fused-ring (bicyclic) bond motifs is 1. The van der Waals surface area contributed by atoms with Gasteiger partial charge in [0.1, 0.15) is 5.01 Å². The Morgan fingerprint density at radius 1 is 1.19 bits per heavy atom. The van der Waals surface area contributed by atoms with Crippen LogP contribution >= 0.6 is 11.3 Å². The molecule has 21 heavy (non-hydrogen) atoms. The van der Waals surface area contributed by atoms with E-state index in [1.54, 1.807) is 11.3 Å². The molecule has 0 aliphatic carbocycles. The fourth-order valence-electron chi connectivity index (χ4n) is 2.63. The third kappa shape index (κ3) is 2.74. The van der Waals surface area contributed by atoms with Crippen LogP contribution in [0.15, 0.2) is 23.6 Å². The van der Waals surface area contributed by atoms with Crippen molar-refractivity contribution in [3.8, 4) is 22.8 Å². The normalized spacial score (nSPS) is 18.1. The molecule has 0 unspecified atom stereocenters. The first-order chi connectivity index (χ1) is 10.4. The minimum absolute atomic E-state index is 0.310. The Hall–Kier alpha value is -1.63. The molecule has 0 atom stereocenters. The first kappa shape index (κ1) is 13.1. The van der Waals surface area contributed by atoms with E-state index < -0.39 is 0 Å². The van der Waals surface area contributed by atoms with Crippen molar-refractivity contribution in [2.75, 3.05) is 33.0 Å². The lowest BCUT2D eigenvalue weighted by molar-refractivity contribution is 0.174. The van der Waals surface area contributed by atoms with E-state index in [4.69, 9.17) is 14.5 Å². The highest BCUT2D eigenvalue weighted by Gasteiger charge is 2.16. The van der Waals surface area contributed by atoms with Crippen LogP contribution in [0.5, 0.6) is 11.5 Å². The molecule has 4 rings (SSSR count). The summed E-state index contributed by atoms with van der Waals surface area (Å²) in [5.74, 6) is 1.62.